The third-order valence-corrected chi connectivity index (χ3v) is 3.93. The van der Waals surface area contributed by atoms with Crippen molar-refractivity contribution in [2.45, 2.75) is 51.9 Å². The molecule has 0 spiro atoms. The van der Waals surface area contributed by atoms with Crippen LogP contribution in [0.4, 0.5) is 0 Å². The molecular weight excluding hydrogens is 248 g/mol. The summed E-state index contributed by atoms with van der Waals surface area (Å²) in [5.74, 6) is -0.580. The van der Waals surface area contributed by atoms with E-state index in [1.807, 2.05) is 20.8 Å². The van der Waals surface area contributed by atoms with Crippen molar-refractivity contribution in [2.24, 2.45) is 5.92 Å². The molecule has 3 atom stereocenters. The molecule has 1 saturated heterocycles. The number of aliphatic hydroxyl groups is 1. The average molecular weight is 272 g/mol. The molecule has 0 bridgehead atoms. The number of carbonyl (C=O) groups is 2. The van der Waals surface area contributed by atoms with Crippen molar-refractivity contribution in [3.05, 3.63) is 0 Å². The van der Waals surface area contributed by atoms with Crippen LogP contribution in [-0.4, -0.2) is 53.3 Å². The van der Waals surface area contributed by atoms with Gasteiger partial charge in [0.05, 0.1) is 18.3 Å². The molecule has 0 radical (unpaired) electrons. The quantitative estimate of drug-likeness (QED) is 0.694. The van der Waals surface area contributed by atoms with Gasteiger partial charge >= 0.3 is 5.97 Å². The zero-order chi connectivity index (χ0) is 14.8. The number of aliphatic hydroxyl groups excluding tert-OH is 1. The predicted octanol–water partition coefficient (Wildman–Crippen LogP) is 0.103. The number of hydrogen-bond acceptors (Lipinski definition) is 5. The third-order valence-electron chi connectivity index (χ3n) is 3.93. The standard InChI is InChI=1S/C13H24N2O4/c1-6-19-12(18)10(16)7-9-11(17)15(5)13(4,14-9)8(2)3/h8-10,14,16H,6-7H2,1-5H3/t9-,10-,13+/m1/s1. The Morgan fingerprint density at radius 3 is 2.58 bits per heavy atom. The Labute approximate surface area is 114 Å². The number of amides is 1. The molecule has 19 heavy (non-hydrogen) atoms. The summed E-state index contributed by atoms with van der Waals surface area (Å²) in [6.45, 7) is 7.85. The van der Waals surface area contributed by atoms with E-state index < -0.39 is 23.8 Å². The Morgan fingerprint density at radius 1 is 1.58 bits per heavy atom. The van der Waals surface area contributed by atoms with Gasteiger partial charge in [-0.05, 0) is 19.8 Å². The summed E-state index contributed by atoms with van der Waals surface area (Å²) in [6.07, 6.45) is -1.24. The second-order valence-corrected chi connectivity index (χ2v) is 5.40. The van der Waals surface area contributed by atoms with Crippen molar-refractivity contribution in [1.82, 2.24) is 10.2 Å². The van der Waals surface area contributed by atoms with Crippen molar-refractivity contribution >= 4 is 11.9 Å². The van der Waals surface area contributed by atoms with Gasteiger partial charge in [0.15, 0.2) is 6.10 Å². The van der Waals surface area contributed by atoms with Gasteiger partial charge in [-0.15, -0.1) is 0 Å². The maximum absolute atomic E-state index is 12.1. The minimum atomic E-state index is -1.27. The molecule has 1 heterocycles. The summed E-state index contributed by atoms with van der Waals surface area (Å²) in [6, 6.07) is -0.559. The largest absolute Gasteiger partial charge is 0.464 e. The molecule has 1 aliphatic rings. The lowest BCUT2D eigenvalue weighted by Crippen LogP contribution is -2.52. The van der Waals surface area contributed by atoms with E-state index in [4.69, 9.17) is 4.74 Å². The molecule has 0 unspecified atom stereocenters. The number of rotatable bonds is 5. The molecule has 0 aliphatic carbocycles. The van der Waals surface area contributed by atoms with Crippen LogP contribution in [0.2, 0.25) is 0 Å². The maximum Gasteiger partial charge on any atom is 0.335 e. The summed E-state index contributed by atoms with van der Waals surface area (Å²) in [5, 5.41) is 12.9. The zero-order valence-corrected chi connectivity index (χ0v) is 12.3. The van der Waals surface area contributed by atoms with Gasteiger partial charge in [0.2, 0.25) is 5.91 Å². The predicted molar refractivity (Wildman–Crippen MR) is 70.2 cm³/mol. The highest BCUT2D eigenvalue weighted by Gasteiger charge is 2.47. The molecule has 1 amide bonds. The zero-order valence-electron chi connectivity index (χ0n) is 12.3. The summed E-state index contributed by atoms with van der Waals surface area (Å²) in [4.78, 5) is 25.2. The number of carbonyl (C=O) groups excluding carboxylic acids is 2. The van der Waals surface area contributed by atoms with Crippen LogP contribution >= 0.6 is 0 Å². The fourth-order valence-electron chi connectivity index (χ4n) is 2.25. The first-order chi connectivity index (χ1) is 8.74. The van der Waals surface area contributed by atoms with Crippen molar-refractivity contribution in [3.63, 3.8) is 0 Å². The summed E-state index contributed by atoms with van der Waals surface area (Å²) in [5.41, 5.74) is -0.462. The van der Waals surface area contributed by atoms with Gasteiger partial charge in [-0.2, -0.15) is 0 Å². The first-order valence-corrected chi connectivity index (χ1v) is 6.64. The molecule has 0 aromatic heterocycles. The van der Waals surface area contributed by atoms with Gasteiger partial charge in [0, 0.05) is 13.5 Å². The second-order valence-electron chi connectivity index (χ2n) is 5.40. The van der Waals surface area contributed by atoms with Crippen LogP contribution in [0.15, 0.2) is 0 Å². The lowest BCUT2D eigenvalue weighted by molar-refractivity contribution is -0.153. The highest BCUT2D eigenvalue weighted by atomic mass is 16.5. The minimum Gasteiger partial charge on any atom is -0.464 e. The van der Waals surface area contributed by atoms with Gasteiger partial charge in [-0.1, -0.05) is 13.8 Å². The Balaban J connectivity index is 2.71. The minimum absolute atomic E-state index is 0.0321. The van der Waals surface area contributed by atoms with Crippen LogP contribution in [0.5, 0.6) is 0 Å². The van der Waals surface area contributed by atoms with E-state index in [2.05, 4.69) is 5.32 Å². The van der Waals surface area contributed by atoms with Crippen molar-refractivity contribution < 1.29 is 19.4 Å². The lowest BCUT2D eigenvalue weighted by Gasteiger charge is -2.36. The van der Waals surface area contributed by atoms with Gasteiger partial charge in [0.25, 0.3) is 0 Å². The van der Waals surface area contributed by atoms with E-state index >= 15 is 0 Å². The lowest BCUT2D eigenvalue weighted by atomic mass is 9.98. The molecule has 1 fully saturated rings. The number of hydrogen-bond donors (Lipinski definition) is 2. The average Bonchev–Trinajstić information content (AvgIpc) is 2.55. The van der Waals surface area contributed by atoms with E-state index in [1.54, 1.807) is 18.9 Å². The first kappa shape index (κ1) is 15.9. The van der Waals surface area contributed by atoms with Crippen molar-refractivity contribution in [1.29, 1.82) is 0 Å². The molecule has 0 aromatic rings. The van der Waals surface area contributed by atoms with Crippen LogP contribution in [0.1, 0.15) is 34.1 Å². The van der Waals surface area contributed by atoms with E-state index in [1.165, 1.54) is 0 Å². The Hall–Kier alpha value is -1.14. The van der Waals surface area contributed by atoms with Gasteiger partial charge in [0.1, 0.15) is 0 Å². The Kier molecular flexibility index (Phi) is 4.92. The Bertz CT molecular complexity index is 359. The molecule has 1 rings (SSSR count). The van der Waals surface area contributed by atoms with Crippen LogP contribution in [0.3, 0.4) is 0 Å². The first-order valence-electron chi connectivity index (χ1n) is 6.64. The smallest absolute Gasteiger partial charge is 0.335 e. The molecule has 2 N–H and O–H groups in total. The molecule has 0 saturated carbocycles. The molecule has 6 nitrogen and oxygen atoms in total. The highest BCUT2D eigenvalue weighted by Crippen LogP contribution is 2.28. The summed E-state index contributed by atoms with van der Waals surface area (Å²) < 4.78 is 4.73. The van der Waals surface area contributed by atoms with Gasteiger partial charge in [-0.25, -0.2) is 4.79 Å². The van der Waals surface area contributed by atoms with E-state index in [-0.39, 0.29) is 24.9 Å². The van der Waals surface area contributed by atoms with Crippen molar-refractivity contribution in [2.75, 3.05) is 13.7 Å². The number of likely N-dealkylation sites (N-methyl/N-ethyl adjacent to an activating group) is 1. The number of nitrogens with zero attached hydrogens (tertiary/aromatic N) is 1. The molecule has 0 aromatic carbocycles. The number of esters is 1. The summed E-state index contributed by atoms with van der Waals surface area (Å²) >= 11 is 0. The fourth-order valence-corrected chi connectivity index (χ4v) is 2.25. The second kappa shape index (κ2) is 5.88. The molecule has 6 heteroatoms. The Morgan fingerprint density at radius 2 is 2.16 bits per heavy atom. The van der Waals surface area contributed by atoms with Crippen LogP contribution in [0.25, 0.3) is 0 Å². The monoisotopic (exact) mass is 272 g/mol. The van der Waals surface area contributed by atoms with Gasteiger partial charge in [-0.3, -0.25) is 10.1 Å². The van der Waals surface area contributed by atoms with Crippen LogP contribution < -0.4 is 5.32 Å². The normalized spacial score (nSPS) is 28.9. The third kappa shape index (κ3) is 3.06. The SMILES string of the molecule is CCOC(=O)[C@H](O)C[C@H]1N[C@](C)(C(C)C)N(C)C1=O. The number of nitrogens with one attached hydrogen (secondary N) is 1. The van der Waals surface area contributed by atoms with E-state index in [9.17, 15) is 14.7 Å². The fraction of sp³-hybridized carbons (Fsp3) is 0.846. The maximum atomic E-state index is 12.1. The van der Waals surface area contributed by atoms with Crippen molar-refractivity contribution in [3.8, 4) is 0 Å². The van der Waals surface area contributed by atoms with E-state index in [0.29, 0.717) is 0 Å². The van der Waals surface area contributed by atoms with Gasteiger partial charge < -0.3 is 14.7 Å². The molecule has 1 aliphatic heterocycles. The highest BCUT2D eigenvalue weighted by molar-refractivity contribution is 5.86. The van der Waals surface area contributed by atoms with Crippen LogP contribution in [0, 0.1) is 5.92 Å². The summed E-state index contributed by atoms with van der Waals surface area (Å²) in [7, 11) is 1.73. The van der Waals surface area contributed by atoms with E-state index in [0.717, 1.165) is 0 Å². The molecular formula is C13H24N2O4. The number of ether oxygens (including phenoxy) is 1. The molecule has 110 valence electrons. The van der Waals surface area contributed by atoms with Crippen LogP contribution in [-0.2, 0) is 14.3 Å². The topological polar surface area (TPSA) is 78.9 Å².